The maximum atomic E-state index is 10.9. The van der Waals surface area contributed by atoms with Gasteiger partial charge in [0.15, 0.2) is 5.69 Å². The van der Waals surface area contributed by atoms with Gasteiger partial charge in [-0.2, -0.15) is 0 Å². The quantitative estimate of drug-likeness (QED) is 0.848. The molecule has 7 heteroatoms. The number of carboxylic acid groups (broad SMARTS) is 2. The van der Waals surface area contributed by atoms with E-state index in [0.29, 0.717) is 10.8 Å². The van der Waals surface area contributed by atoms with Crippen LogP contribution < -0.4 is 0 Å². The molecular weight excluding hydrogens is 310 g/mol. The van der Waals surface area contributed by atoms with Gasteiger partial charge in [-0.15, -0.1) is 23.1 Å². The van der Waals surface area contributed by atoms with Gasteiger partial charge >= 0.3 is 11.9 Å². The van der Waals surface area contributed by atoms with Gasteiger partial charge in [0.05, 0.1) is 5.25 Å². The zero-order valence-corrected chi connectivity index (χ0v) is 12.8. The Hall–Kier alpha value is -1.86. The molecule has 0 bridgehead atoms. The Balaban J connectivity index is 2.23. The van der Waals surface area contributed by atoms with Gasteiger partial charge < -0.3 is 10.2 Å². The van der Waals surface area contributed by atoms with Gasteiger partial charge in [-0.1, -0.05) is 24.3 Å². The molecule has 0 spiro atoms. The third-order valence-electron chi connectivity index (χ3n) is 2.81. The zero-order chi connectivity index (χ0) is 15.4. The first-order valence-electron chi connectivity index (χ1n) is 6.10. The van der Waals surface area contributed by atoms with Crippen LogP contribution in [0.5, 0.6) is 0 Å². The van der Waals surface area contributed by atoms with Crippen molar-refractivity contribution in [3.05, 3.63) is 40.9 Å². The van der Waals surface area contributed by atoms with Crippen molar-refractivity contribution < 1.29 is 19.8 Å². The highest BCUT2D eigenvalue weighted by Gasteiger charge is 2.15. The molecule has 0 fully saturated rings. The number of aliphatic carboxylic acids is 1. The number of thioether (sulfide) groups is 1. The second-order valence-electron chi connectivity index (χ2n) is 4.29. The van der Waals surface area contributed by atoms with Crippen molar-refractivity contribution in [3.8, 4) is 10.6 Å². The molecule has 0 saturated heterocycles. The smallest absolute Gasteiger partial charge is 0.355 e. The molecule has 0 aliphatic rings. The molecule has 1 aromatic heterocycles. The van der Waals surface area contributed by atoms with E-state index in [1.807, 2.05) is 24.3 Å². The maximum Gasteiger partial charge on any atom is 0.355 e. The van der Waals surface area contributed by atoms with Gasteiger partial charge in [0.25, 0.3) is 0 Å². The number of thiazole rings is 1. The number of aromatic carboxylic acids is 1. The minimum atomic E-state index is -1.05. The van der Waals surface area contributed by atoms with Crippen LogP contribution in [0.25, 0.3) is 10.6 Å². The molecule has 2 N–H and O–H groups in total. The van der Waals surface area contributed by atoms with E-state index in [-0.39, 0.29) is 5.69 Å². The van der Waals surface area contributed by atoms with Crippen LogP contribution in [0, 0.1) is 0 Å². The summed E-state index contributed by atoms with van der Waals surface area (Å²) in [5.74, 6) is -1.37. The fourth-order valence-electron chi connectivity index (χ4n) is 1.64. The fourth-order valence-corrected chi connectivity index (χ4v) is 3.31. The van der Waals surface area contributed by atoms with E-state index >= 15 is 0 Å². The SMILES string of the molecule is CC(SCc1ccccc1-c1nc(C(=O)O)cs1)C(=O)O. The van der Waals surface area contributed by atoms with Crippen LogP contribution in [0.3, 0.4) is 0 Å². The lowest BCUT2D eigenvalue weighted by Gasteiger charge is -2.09. The second-order valence-corrected chi connectivity index (χ2v) is 6.48. The molecule has 0 aliphatic carbocycles. The minimum absolute atomic E-state index is 0.0244. The van der Waals surface area contributed by atoms with Crippen molar-refractivity contribution in [1.82, 2.24) is 4.98 Å². The Morgan fingerprint density at radius 3 is 2.67 bits per heavy atom. The van der Waals surface area contributed by atoms with Gasteiger partial charge in [0, 0.05) is 16.7 Å². The molecule has 0 radical (unpaired) electrons. The summed E-state index contributed by atoms with van der Waals surface area (Å²) in [5, 5.41) is 19.5. The van der Waals surface area contributed by atoms with Gasteiger partial charge in [-0.05, 0) is 12.5 Å². The van der Waals surface area contributed by atoms with Crippen molar-refractivity contribution in [1.29, 1.82) is 0 Å². The highest BCUT2D eigenvalue weighted by molar-refractivity contribution is 7.99. The lowest BCUT2D eigenvalue weighted by molar-refractivity contribution is -0.136. The minimum Gasteiger partial charge on any atom is -0.480 e. The van der Waals surface area contributed by atoms with Crippen molar-refractivity contribution in [2.75, 3.05) is 0 Å². The molecule has 5 nitrogen and oxygen atoms in total. The summed E-state index contributed by atoms with van der Waals surface area (Å²) < 4.78 is 0. The Labute approximate surface area is 129 Å². The van der Waals surface area contributed by atoms with Gasteiger partial charge in [-0.25, -0.2) is 9.78 Å². The highest BCUT2D eigenvalue weighted by atomic mass is 32.2. The summed E-state index contributed by atoms with van der Waals surface area (Å²) in [4.78, 5) is 25.8. The van der Waals surface area contributed by atoms with Crippen molar-refractivity contribution in [2.24, 2.45) is 0 Å². The fraction of sp³-hybridized carbons (Fsp3) is 0.214. The zero-order valence-electron chi connectivity index (χ0n) is 11.1. The largest absolute Gasteiger partial charge is 0.480 e. The molecule has 0 amide bonds. The van der Waals surface area contributed by atoms with Crippen LogP contribution in [0.4, 0.5) is 0 Å². The number of benzene rings is 1. The van der Waals surface area contributed by atoms with Crippen molar-refractivity contribution in [3.63, 3.8) is 0 Å². The molecule has 1 heterocycles. The molecule has 2 rings (SSSR count). The monoisotopic (exact) mass is 323 g/mol. The maximum absolute atomic E-state index is 10.9. The van der Waals surface area contributed by atoms with Gasteiger partial charge in [-0.3, -0.25) is 4.79 Å². The Morgan fingerprint density at radius 2 is 2.05 bits per heavy atom. The number of carboxylic acids is 2. The van der Waals surface area contributed by atoms with Crippen LogP contribution in [-0.4, -0.2) is 32.4 Å². The Kier molecular flexibility index (Phi) is 4.98. The van der Waals surface area contributed by atoms with Crippen LogP contribution in [-0.2, 0) is 10.5 Å². The number of rotatable bonds is 6. The molecule has 1 atom stereocenters. The number of hydrogen-bond donors (Lipinski definition) is 2. The summed E-state index contributed by atoms with van der Waals surface area (Å²) in [7, 11) is 0. The van der Waals surface area contributed by atoms with Crippen LogP contribution in [0.2, 0.25) is 0 Å². The third kappa shape index (κ3) is 3.83. The molecule has 0 aliphatic heterocycles. The predicted molar refractivity (Wildman–Crippen MR) is 82.9 cm³/mol. The normalized spacial score (nSPS) is 12.0. The van der Waals surface area contributed by atoms with Gasteiger partial charge in [0.1, 0.15) is 5.01 Å². The average Bonchev–Trinajstić information content (AvgIpc) is 2.94. The molecule has 0 saturated carbocycles. The van der Waals surface area contributed by atoms with Crippen molar-refractivity contribution in [2.45, 2.75) is 17.9 Å². The summed E-state index contributed by atoms with van der Waals surface area (Å²) in [6.45, 7) is 1.64. The molecule has 110 valence electrons. The van der Waals surface area contributed by atoms with E-state index in [9.17, 15) is 9.59 Å². The number of aromatic nitrogens is 1. The van der Waals surface area contributed by atoms with E-state index in [0.717, 1.165) is 11.1 Å². The van der Waals surface area contributed by atoms with Gasteiger partial charge in [0.2, 0.25) is 0 Å². The number of nitrogens with zero attached hydrogens (tertiary/aromatic N) is 1. The van der Waals surface area contributed by atoms with Crippen LogP contribution >= 0.6 is 23.1 Å². The Bertz CT molecular complexity index is 668. The summed E-state index contributed by atoms with van der Waals surface area (Å²) >= 11 is 2.59. The molecular formula is C14H13NO4S2. The first-order valence-corrected chi connectivity index (χ1v) is 8.03. The predicted octanol–water partition coefficient (Wildman–Crippen LogP) is 3.21. The lowest BCUT2D eigenvalue weighted by atomic mass is 10.1. The average molecular weight is 323 g/mol. The van der Waals surface area contributed by atoms with E-state index in [1.165, 1.54) is 28.5 Å². The van der Waals surface area contributed by atoms with Crippen molar-refractivity contribution >= 4 is 35.0 Å². The Morgan fingerprint density at radius 1 is 1.33 bits per heavy atom. The summed E-state index contributed by atoms with van der Waals surface area (Å²) in [6.07, 6.45) is 0. The second kappa shape index (κ2) is 6.73. The highest BCUT2D eigenvalue weighted by Crippen LogP contribution is 2.30. The van der Waals surface area contributed by atoms with E-state index in [1.54, 1.807) is 6.92 Å². The molecule has 2 aromatic rings. The lowest BCUT2D eigenvalue weighted by Crippen LogP contribution is -2.11. The standard InChI is InChI=1S/C14H13NO4S2/c1-8(13(16)17)20-6-9-4-2-3-5-10(9)12-15-11(7-21-12)14(18)19/h2-5,7-8H,6H2,1H3,(H,16,17)(H,18,19). The van der Waals surface area contributed by atoms with E-state index < -0.39 is 17.2 Å². The third-order valence-corrected chi connectivity index (χ3v) is 4.86. The topological polar surface area (TPSA) is 87.5 Å². The van der Waals surface area contributed by atoms with E-state index in [4.69, 9.17) is 10.2 Å². The number of carbonyl (C=O) groups is 2. The number of hydrogen-bond acceptors (Lipinski definition) is 5. The molecule has 21 heavy (non-hydrogen) atoms. The van der Waals surface area contributed by atoms with E-state index in [2.05, 4.69) is 4.98 Å². The summed E-state index contributed by atoms with van der Waals surface area (Å²) in [6, 6.07) is 7.49. The first kappa shape index (κ1) is 15.5. The molecule has 1 unspecified atom stereocenters. The van der Waals surface area contributed by atoms with Crippen LogP contribution in [0.15, 0.2) is 29.6 Å². The molecule has 1 aromatic carbocycles. The first-order chi connectivity index (χ1) is 9.99. The summed E-state index contributed by atoms with van der Waals surface area (Å²) in [5.41, 5.74) is 1.82. The van der Waals surface area contributed by atoms with Crippen LogP contribution in [0.1, 0.15) is 23.0 Å².